The molecule has 192 valence electrons. The van der Waals surface area contributed by atoms with Crippen LogP contribution in [0.25, 0.3) is 11.2 Å². The van der Waals surface area contributed by atoms with Gasteiger partial charge in [-0.2, -0.15) is 0 Å². The van der Waals surface area contributed by atoms with Crippen molar-refractivity contribution in [2.24, 2.45) is 0 Å². The molecule has 1 fully saturated rings. The van der Waals surface area contributed by atoms with E-state index in [0.29, 0.717) is 11.2 Å². The number of rotatable bonds is 6. The van der Waals surface area contributed by atoms with Crippen LogP contribution in [0.1, 0.15) is 54.7 Å². The maximum Gasteiger partial charge on any atom is 0.192 e. The van der Waals surface area contributed by atoms with E-state index >= 15 is 4.39 Å². The Hall–Kier alpha value is -1.41. The van der Waals surface area contributed by atoms with Crippen molar-refractivity contribution in [3.63, 3.8) is 0 Å². The van der Waals surface area contributed by atoms with Gasteiger partial charge in [0, 0.05) is 0 Å². The number of hydrogen-bond donors (Lipinski definition) is 1. The van der Waals surface area contributed by atoms with Gasteiger partial charge in [-0.25, -0.2) is 19.3 Å². The first kappa shape index (κ1) is 27.2. The van der Waals surface area contributed by atoms with E-state index in [2.05, 4.69) is 82.7 Å². The molecule has 2 aromatic heterocycles. The number of nitrogen functional groups attached to an aromatic ring is 1. The highest BCUT2D eigenvalue weighted by molar-refractivity contribution is 6.74. The van der Waals surface area contributed by atoms with Gasteiger partial charge in [-0.15, -0.1) is 0 Å². The summed E-state index contributed by atoms with van der Waals surface area (Å²) in [5, 5.41) is -0.0653. The Morgan fingerprint density at radius 3 is 2.21 bits per heavy atom. The minimum Gasteiger partial charge on any atom is -0.414 e. The summed E-state index contributed by atoms with van der Waals surface area (Å²) in [4.78, 5) is 12.6. The van der Waals surface area contributed by atoms with E-state index < -0.39 is 40.7 Å². The smallest absolute Gasteiger partial charge is 0.192 e. The van der Waals surface area contributed by atoms with E-state index in [1.54, 1.807) is 4.57 Å². The lowest BCUT2D eigenvalue weighted by atomic mass is 9.98. The molecule has 0 spiro atoms. The van der Waals surface area contributed by atoms with Gasteiger partial charge >= 0.3 is 0 Å². The summed E-state index contributed by atoms with van der Waals surface area (Å²) in [5.41, 5.74) is 4.96. The third kappa shape index (κ3) is 4.82. The van der Waals surface area contributed by atoms with Crippen LogP contribution in [0.2, 0.25) is 36.3 Å². The lowest BCUT2D eigenvalue weighted by Crippen LogP contribution is -2.53. The largest absolute Gasteiger partial charge is 0.414 e. The minimum atomic E-state index is -2.32. The van der Waals surface area contributed by atoms with Crippen LogP contribution in [0.3, 0.4) is 0 Å². The van der Waals surface area contributed by atoms with Crippen LogP contribution >= 0.6 is 0 Å². The van der Waals surface area contributed by atoms with Crippen molar-refractivity contribution in [1.29, 1.82) is 0 Å². The summed E-state index contributed by atoms with van der Waals surface area (Å²) in [7, 11) is -4.41. The number of imidazole rings is 1. The summed E-state index contributed by atoms with van der Waals surface area (Å²) < 4.78 is 37.9. The summed E-state index contributed by atoms with van der Waals surface area (Å²) in [6.07, 6.45) is 0.481. The van der Waals surface area contributed by atoms with Crippen molar-refractivity contribution in [3.8, 4) is 0 Å². The number of halogens is 1. The summed E-state index contributed by atoms with van der Waals surface area (Å²) in [5.74, 6) is 0.245. The van der Waals surface area contributed by atoms with Crippen LogP contribution in [0, 0.1) is 0 Å². The molecule has 0 aromatic carbocycles. The predicted molar refractivity (Wildman–Crippen MR) is 138 cm³/mol. The van der Waals surface area contributed by atoms with Crippen molar-refractivity contribution < 1.29 is 18.0 Å². The van der Waals surface area contributed by atoms with Gasteiger partial charge < -0.3 is 19.3 Å². The normalized spacial score (nSPS) is 27.0. The second-order valence-electron chi connectivity index (χ2n) is 12.6. The fourth-order valence-electron chi connectivity index (χ4n) is 3.57. The predicted octanol–water partition coefficient (Wildman–Crippen LogP) is 5.45. The molecule has 0 aliphatic carbocycles. The van der Waals surface area contributed by atoms with Crippen LogP contribution < -0.4 is 5.73 Å². The molecule has 2 aromatic rings. The molecule has 11 heteroatoms. The molecule has 4 atom stereocenters. The lowest BCUT2D eigenvalue weighted by molar-refractivity contribution is -0.0551. The topological polar surface area (TPSA) is 97.3 Å². The molecule has 0 radical (unpaired) electrons. The summed E-state index contributed by atoms with van der Waals surface area (Å²) in [6.45, 7) is 23.4. The third-order valence-electron chi connectivity index (χ3n) is 7.96. The Morgan fingerprint density at radius 1 is 1.06 bits per heavy atom. The minimum absolute atomic E-state index is 0.0226. The van der Waals surface area contributed by atoms with E-state index in [4.69, 9.17) is 19.3 Å². The van der Waals surface area contributed by atoms with Crippen LogP contribution in [0.15, 0.2) is 12.7 Å². The molecule has 1 aliphatic heterocycles. The standard InChI is InChI=1S/C23H42FN5O3Si2/c1-21(2,3)33(8,9)30-12-15-17(32-34(10,11)22(4,5)6)23(7,24)20(31-15)29-14-28-16-18(25)26-13-27-19(16)29/h13-15,17,20H,12H2,1-11H3,(H2,25,26,27)/t15-,17?,20-,23-/m1/s1. The van der Waals surface area contributed by atoms with Gasteiger partial charge in [-0.05, 0) is 43.2 Å². The molecular weight excluding hydrogens is 469 g/mol. The number of alkyl halides is 1. The molecule has 0 bridgehead atoms. The second-order valence-corrected chi connectivity index (χ2v) is 22.2. The first-order valence-electron chi connectivity index (χ1n) is 11.9. The highest BCUT2D eigenvalue weighted by Crippen LogP contribution is 2.48. The average Bonchev–Trinajstić information content (AvgIpc) is 3.18. The third-order valence-corrected chi connectivity index (χ3v) is 16.9. The Kier molecular flexibility index (Phi) is 6.89. The monoisotopic (exact) mass is 511 g/mol. The zero-order valence-corrected chi connectivity index (χ0v) is 24.6. The van der Waals surface area contributed by atoms with E-state index in [1.807, 2.05) is 0 Å². The molecule has 1 unspecified atom stereocenters. The first-order chi connectivity index (χ1) is 15.3. The van der Waals surface area contributed by atoms with Gasteiger partial charge in [0.2, 0.25) is 0 Å². The van der Waals surface area contributed by atoms with Crippen LogP contribution in [0.5, 0.6) is 0 Å². The zero-order chi connectivity index (χ0) is 25.9. The molecular formula is C23H42FN5O3Si2. The first-order valence-corrected chi connectivity index (χ1v) is 17.7. The molecule has 0 amide bonds. The maximum absolute atomic E-state index is 16.8. The van der Waals surface area contributed by atoms with Crippen LogP contribution in [-0.2, 0) is 13.6 Å². The molecule has 3 heterocycles. The van der Waals surface area contributed by atoms with Gasteiger partial charge in [-0.1, -0.05) is 41.5 Å². The van der Waals surface area contributed by atoms with Crippen molar-refractivity contribution in [3.05, 3.63) is 12.7 Å². The van der Waals surface area contributed by atoms with Crippen LogP contribution in [0.4, 0.5) is 10.2 Å². The number of hydrogen-bond acceptors (Lipinski definition) is 7. The molecule has 2 N–H and O–H groups in total. The van der Waals surface area contributed by atoms with Gasteiger partial charge in [0.1, 0.15) is 24.1 Å². The maximum atomic E-state index is 16.8. The van der Waals surface area contributed by atoms with Gasteiger partial charge in [0.05, 0.1) is 12.9 Å². The SMILES string of the molecule is CC(C)(C)[Si](C)(C)OC[C@H]1O[C@@H](n2cnc3c(N)ncnc32)[C@](C)(F)C1O[Si](C)(C)C(C)(C)C. The quantitative estimate of drug-likeness (QED) is 0.515. The van der Waals surface area contributed by atoms with Crippen molar-refractivity contribution in [2.75, 3.05) is 12.3 Å². The van der Waals surface area contributed by atoms with E-state index in [9.17, 15) is 0 Å². The lowest BCUT2D eigenvalue weighted by Gasteiger charge is -2.42. The fourth-order valence-corrected chi connectivity index (χ4v) is 5.96. The van der Waals surface area contributed by atoms with Crippen molar-refractivity contribution >= 4 is 33.6 Å². The molecule has 34 heavy (non-hydrogen) atoms. The van der Waals surface area contributed by atoms with Crippen molar-refractivity contribution in [1.82, 2.24) is 19.5 Å². The molecule has 1 saturated heterocycles. The van der Waals surface area contributed by atoms with Crippen molar-refractivity contribution in [2.45, 2.75) is 109 Å². The Labute approximate surface area is 205 Å². The van der Waals surface area contributed by atoms with Gasteiger partial charge in [0.15, 0.2) is 40.0 Å². The highest BCUT2D eigenvalue weighted by Gasteiger charge is 2.59. The molecule has 3 rings (SSSR count). The van der Waals surface area contributed by atoms with Gasteiger partial charge in [-0.3, -0.25) is 4.57 Å². The number of nitrogens with zero attached hydrogens (tertiary/aromatic N) is 4. The van der Waals surface area contributed by atoms with Gasteiger partial charge in [0.25, 0.3) is 0 Å². The molecule has 8 nitrogen and oxygen atoms in total. The van der Waals surface area contributed by atoms with E-state index in [1.165, 1.54) is 19.6 Å². The number of ether oxygens (including phenoxy) is 1. The Balaban J connectivity index is 2.01. The fraction of sp³-hybridized carbons (Fsp3) is 0.783. The Bertz CT molecular complexity index is 1030. The number of fused-ring (bicyclic) bond motifs is 1. The molecule has 1 aliphatic rings. The number of anilines is 1. The second kappa shape index (κ2) is 8.61. The van der Waals surface area contributed by atoms with E-state index in [-0.39, 0.29) is 22.5 Å². The highest BCUT2D eigenvalue weighted by atomic mass is 28.4. The number of aromatic nitrogens is 4. The zero-order valence-electron chi connectivity index (χ0n) is 22.6. The number of nitrogens with two attached hydrogens (primary N) is 1. The Morgan fingerprint density at radius 2 is 1.65 bits per heavy atom. The average molecular weight is 512 g/mol. The summed E-state index contributed by atoms with van der Waals surface area (Å²) >= 11 is 0. The summed E-state index contributed by atoms with van der Waals surface area (Å²) in [6, 6.07) is 0. The molecule has 0 saturated carbocycles. The van der Waals surface area contributed by atoms with Crippen LogP contribution in [-0.4, -0.2) is 60.6 Å². The van der Waals surface area contributed by atoms with E-state index in [0.717, 1.165) is 0 Å².